The number of carbonyl (C=O) groups is 2. The Morgan fingerprint density at radius 3 is 2.11 bits per heavy atom. The SMILES string of the molecule is CC(C)c1ccnc(-c2[c-]ccc3c2oc2c(-c4ccc(C(=O)OO)cc4)cccc23)c1.Cc1cc(-c2[c-]cc(C(=O)OO)cc2)nc[c]1[Ge]([CH3])([CH3])[CH3].[Ir]. The average molecular weight is 960 g/mol. The van der Waals surface area contributed by atoms with E-state index < -0.39 is 25.2 Å². The molecule has 0 fully saturated rings. The van der Waals surface area contributed by atoms with Gasteiger partial charge in [-0.1, -0.05) is 66.8 Å². The van der Waals surface area contributed by atoms with Crippen LogP contribution in [0.5, 0.6) is 0 Å². The van der Waals surface area contributed by atoms with E-state index in [0.717, 1.165) is 55.6 Å². The van der Waals surface area contributed by atoms with Crippen LogP contribution in [-0.2, 0) is 29.9 Å². The summed E-state index contributed by atoms with van der Waals surface area (Å²) in [4.78, 5) is 39.3. The Morgan fingerprint density at radius 2 is 1.48 bits per heavy atom. The number of carbonyl (C=O) groups excluding carboxylic acids is 2. The molecule has 7 rings (SSSR count). The Balaban J connectivity index is 0.000000223. The summed E-state index contributed by atoms with van der Waals surface area (Å²) in [6, 6.07) is 34.0. The van der Waals surface area contributed by atoms with Crippen LogP contribution < -0.4 is 4.40 Å². The molecule has 0 aliphatic carbocycles. The van der Waals surface area contributed by atoms with E-state index >= 15 is 0 Å². The fourth-order valence-electron chi connectivity index (χ4n) is 6.21. The van der Waals surface area contributed by atoms with Crippen molar-refractivity contribution in [3.63, 3.8) is 0 Å². The fraction of sp³-hybridized carbons (Fsp3) is 0.163. The van der Waals surface area contributed by atoms with E-state index in [4.69, 9.17) is 14.9 Å². The summed E-state index contributed by atoms with van der Waals surface area (Å²) in [5, 5.41) is 18.9. The Hall–Kier alpha value is -4.97. The van der Waals surface area contributed by atoms with Crippen molar-refractivity contribution in [2.75, 3.05) is 0 Å². The molecule has 54 heavy (non-hydrogen) atoms. The Morgan fingerprint density at radius 1 is 0.796 bits per heavy atom. The Kier molecular flexibility index (Phi) is 12.7. The van der Waals surface area contributed by atoms with E-state index in [9.17, 15) is 9.59 Å². The molecule has 3 aromatic heterocycles. The number of aromatic nitrogens is 2. The van der Waals surface area contributed by atoms with Crippen molar-refractivity contribution in [1.29, 1.82) is 0 Å². The van der Waals surface area contributed by atoms with Gasteiger partial charge in [0.25, 0.3) is 0 Å². The first kappa shape index (κ1) is 40.2. The van der Waals surface area contributed by atoms with Gasteiger partial charge >= 0.3 is 133 Å². The molecular formula is C43H38GeIrN2O7-2. The monoisotopic (exact) mass is 961 g/mol. The quantitative estimate of drug-likeness (QED) is 0.0694. The number of aryl methyl sites for hydroxylation is 1. The molecule has 0 aliphatic rings. The van der Waals surface area contributed by atoms with Crippen molar-refractivity contribution in [3.05, 3.63) is 138 Å². The summed E-state index contributed by atoms with van der Waals surface area (Å²) in [6.45, 7) is 6.42. The van der Waals surface area contributed by atoms with Crippen LogP contribution >= 0.6 is 0 Å². The molecule has 1 radical (unpaired) electrons. The number of nitrogens with zero attached hydrogens (tertiary/aromatic N) is 2. The first-order valence-electron chi connectivity index (χ1n) is 17.0. The summed E-state index contributed by atoms with van der Waals surface area (Å²) in [6.07, 6.45) is 3.79. The third-order valence-corrected chi connectivity index (χ3v) is 13.5. The molecule has 11 heteroatoms. The van der Waals surface area contributed by atoms with Gasteiger partial charge in [0.05, 0.1) is 11.1 Å². The van der Waals surface area contributed by atoms with E-state index in [-0.39, 0.29) is 31.2 Å². The molecule has 7 aromatic rings. The maximum absolute atomic E-state index is 11.5. The van der Waals surface area contributed by atoms with Gasteiger partial charge in [-0.05, 0) is 35.4 Å². The molecule has 0 unspecified atom stereocenters. The number of fused-ring (bicyclic) bond motifs is 3. The van der Waals surface area contributed by atoms with Gasteiger partial charge in [0, 0.05) is 37.3 Å². The molecule has 0 aliphatic heterocycles. The molecule has 277 valence electrons. The maximum atomic E-state index is 11.5. The summed E-state index contributed by atoms with van der Waals surface area (Å²) in [7, 11) is 0. The topological polar surface area (TPSA) is 132 Å². The van der Waals surface area contributed by atoms with Gasteiger partial charge in [0.15, 0.2) is 0 Å². The van der Waals surface area contributed by atoms with Crippen LogP contribution in [0.1, 0.15) is 51.6 Å². The van der Waals surface area contributed by atoms with Crippen molar-refractivity contribution in [2.24, 2.45) is 0 Å². The van der Waals surface area contributed by atoms with Crippen LogP contribution in [0.3, 0.4) is 0 Å². The predicted molar refractivity (Wildman–Crippen MR) is 208 cm³/mol. The minimum Gasteiger partial charge on any atom is 0 e. The van der Waals surface area contributed by atoms with Crippen LogP contribution in [0, 0.1) is 19.1 Å². The Bertz CT molecular complexity index is 2440. The van der Waals surface area contributed by atoms with E-state index in [1.165, 1.54) is 21.6 Å². The zero-order valence-electron chi connectivity index (χ0n) is 30.6. The van der Waals surface area contributed by atoms with Crippen LogP contribution in [-0.4, -0.2) is 45.7 Å². The number of hydrogen-bond acceptors (Lipinski definition) is 9. The molecular weight excluding hydrogens is 921 g/mol. The molecule has 4 aromatic carbocycles. The van der Waals surface area contributed by atoms with Crippen LogP contribution in [0.2, 0.25) is 17.3 Å². The molecule has 2 N–H and O–H groups in total. The summed E-state index contributed by atoms with van der Waals surface area (Å²) >= 11 is -1.90. The van der Waals surface area contributed by atoms with Crippen molar-refractivity contribution < 1.29 is 54.4 Å². The molecule has 0 amide bonds. The third kappa shape index (κ3) is 8.54. The van der Waals surface area contributed by atoms with E-state index in [0.29, 0.717) is 5.92 Å². The molecule has 0 spiro atoms. The minimum atomic E-state index is -1.90. The van der Waals surface area contributed by atoms with Gasteiger partial charge in [0.1, 0.15) is 5.58 Å². The number of rotatable bonds is 7. The second kappa shape index (κ2) is 17.0. The van der Waals surface area contributed by atoms with Crippen molar-refractivity contribution in [1.82, 2.24) is 9.97 Å². The first-order valence-corrected chi connectivity index (χ1v) is 24.4. The second-order valence-electron chi connectivity index (χ2n) is 14.0. The second-order valence-corrected chi connectivity index (χ2v) is 24.5. The van der Waals surface area contributed by atoms with Gasteiger partial charge in [-0.25, -0.2) is 4.79 Å². The van der Waals surface area contributed by atoms with Gasteiger partial charge < -0.3 is 9.40 Å². The van der Waals surface area contributed by atoms with E-state index in [2.05, 4.69) is 82.0 Å². The molecule has 0 atom stereocenters. The normalized spacial score (nSPS) is 11.1. The molecule has 9 nitrogen and oxygen atoms in total. The molecule has 3 heterocycles. The van der Waals surface area contributed by atoms with Gasteiger partial charge in [-0.2, -0.15) is 5.26 Å². The number of para-hydroxylation sites is 1. The Labute approximate surface area is 329 Å². The predicted octanol–water partition coefficient (Wildman–Crippen LogP) is 9.90. The van der Waals surface area contributed by atoms with Gasteiger partial charge in [0.2, 0.25) is 0 Å². The van der Waals surface area contributed by atoms with Crippen molar-refractivity contribution >= 4 is 51.5 Å². The van der Waals surface area contributed by atoms with Crippen LogP contribution in [0.4, 0.5) is 0 Å². The largest absolute Gasteiger partial charge is 0 e. The number of benzene rings is 4. The first-order chi connectivity index (χ1) is 25.4. The summed E-state index contributed by atoms with van der Waals surface area (Å²) in [5.41, 5.74) is 9.53. The maximum Gasteiger partial charge on any atom is 0 e. The van der Waals surface area contributed by atoms with E-state index in [1.807, 2.05) is 48.8 Å². The zero-order chi connectivity index (χ0) is 37.9. The van der Waals surface area contributed by atoms with E-state index in [1.54, 1.807) is 36.4 Å². The van der Waals surface area contributed by atoms with Crippen LogP contribution in [0.25, 0.3) is 55.6 Å². The number of pyridine rings is 2. The summed E-state index contributed by atoms with van der Waals surface area (Å²) < 4.78 is 7.81. The third-order valence-electron chi connectivity index (χ3n) is 9.01. The molecule has 0 bridgehead atoms. The van der Waals surface area contributed by atoms with Gasteiger partial charge in [-0.3, -0.25) is 4.89 Å². The fourth-order valence-corrected chi connectivity index (χ4v) is 9.80. The van der Waals surface area contributed by atoms with Gasteiger partial charge in [-0.15, -0.1) is 18.2 Å². The standard InChI is InChI=1S/C27H20NO4.C16H18GeNO3.Ir/c1-16(2)19-13-14-28-24(15-19)23-8-4-7-22-21-6-3-5-20(25(21)31-26(22)23)17-9-11-18(12-10-17)27(29)32-30;1-11-9-15(18-10-14(11)17(2,3)4)12-5-7-13(8-6-12)16(19)21-20;/h3-7,9-16,30H,1-2H3;5,7-10,20H,1-4H3;/q2*-1;. The minimum absolute atomic E-state index is 0. The van der Waals surface area contributed by atoms with Crippen LogP contribution in [0.15, 0.2) is 108 Å². The van der Waals surface area contributed by atoms with Crippen molar-refractivity contribution in [2.45, 2.75) is 44.0 Å². The number of furan rings is 1. The molecule has 0 saturated carbocycles. The average Bonchev–Trinajstić information content (AvgIpc) is 3.56. The number of hydrogen-bond donors (Lipinski definition) is 2. The zero-order valence-corrected chi connectivity index (χ0v) is 35.0. The molecule has 0 saturated heterocycles. The van der Waals surface area contributed by atoms with Crippen molar-refractivity contribution in [3.8, 4) is 33.6 Å². The smallest absolute Gasteiger partial charge is 0 e. The summed E-state index contributed by atoms with van der Waals surface area (Å²) in [5.74, 6) is 5.82.